The molecule has 1 amide bonds. The highest BCUT2D eigenvalue weighted by atomic mass is 35.5. The van der Waals surface area contributed by atoms with E-state index in [9.17, 15) is 13.2 Å². The smallest absolute Gasteiger partial charge is 0.240 e. The van der Waals surface area contributed by atoms with Gasteiger partial charge < -0.3 is 5.32 Å². The standard InChI is InChI=1S/C17H18Cl2N2O3S/c1-12(13-2-4-14(18)5-3-13)21-17(22)10-11-20-25(23,24)16-8-6-15(19)7-9-16/h2-9,12,20H,10-11H2,1H3,(H,21,22). The Bertz CT molecular complexity index is 822. The number of rotatable bonds is 7. The first-order valence-corrected chi connectivity index (χ1v) is 9.82. The van der Waals surface area contributed by atoms with Gasteiger partial charge in [0.2, 0.25) is 15.9 Å². The van der Waals surface area contributed by atoms with E-state index in [0.717, 1.165) is 5.56 Å². The maximum absolute atomic E-state index is 12.1. The van der Waals surface area contributed by atoms with Crippen LogP contribution in [-0.4, -0.2) is 20.9 Å². The molecule has 0 aliphatic heterocycles. The molecule has 5 nitrogen and oxygen atoms in total. The molecule has 25 heavy (non-hydrogen) atoms. The summed E-state index contributed by atoms with van der Waals surface area (Å²) in [6.45, 7) is 1.85. The number of carbonyl (C=O) groups excluding carboxylic acids is 1. The van der Waals surface area contributed by atoms with Crippen LogP contribution in [0.2, 0.25) is 10.0 Å². The van der Waals surface area contributed by atoms with Gasteiger partial charge in [-0.05, 0) is 48.9 Å². The third-order valence-electron chi connectivity index (χ3n) is 3.52. The van der Waals surface area contributed by atoms with E-state index in [1.54, 1.807) is 12.1 Å². The van der Waals surface area contributed by atoms with E-state index < -0.39 is 10.0 Å². The van der Waals surface area contributed by atoms with E-state index in [2.05, 4.69) is 10.0 Å². The zero-order valence-electron chi connectivity index (χ0n) is 13.5. The Hall–Kier alpha value is -1.60. The van der Waals surface area contributed by atoms with Crippen LogP contribution in [0.1, 0.15) is 24.9 Å². The second-order valence-corrected chi connectivity index (χ2v) is 8.08. The summed E-state index contributed by atoms with van der Waals surface area (Å²) in [7, 11) is -3.66. The van der Waals surface area contributed by atoms with Crippen molar-refractivity contribution in [3.63, 3.8) is 0 Å². The zero-order valence-corrected chi connectivity index (χ0v) is 15.8. The molecule has 0 fully saturated rings. The van der Waals surface area contributed by atoms with Gasteiger partial charge in [0, 0.05) is 23.0 Å². The number of hydrogen-bond donors (Lipinski definition) is 2. The molecule has 2 aromatic carbocycles. The summed E-state index contributed by atoms with van der Waals surface area (Å²) in [5, 5.41) is 3.89. The van der Waals surface area contributed by atoms with Crippen molar-refractivity contribution in [3.8, 4) is 0 Å². The summed E-state index contributed by atoms with van der Waals surface area (Å²) in [5.41, 5.74) is 0.916. The summed E-state index contributed by atoms with van der Waals surface area (Å²) in [4.78, 5) is 12.1. The van der Waals surface area contributed by atoms with Gasteiger partial charge in [-0.15, -0.1) is 0 Å². The predicted molar refractivity (Wildman–Crippen MR) is 99.3 cm³/mol. The highest BCUT2D eigenvalue weighted by molar-refractivity contribution is 7.89. The van der Waals surface area contributed by atoms with Crippen LogP contribution in [0.3, 0.4) is 0 Å². The molecule has 0 heterocycles. The summed E-state index contributed by atoms with van der Waals surface area (Å²) in [5.74, 6) is -0.249. The number of halogens is 2. The van der Waals surface area contributed by atoms with Crippen LogP contribution in [0, 0.1) is 0 Å². The molecule has 8 heteroatoms. The Morgan fingerprint density at radius 2 is 1.52 bits per heavy atom. The molecule has 0 spiro atoms. The van der Waals surface area contributed by atoms with Crippen molar-refractivity contribution >= 4 is 39.1 Å². The highest BCUT2D eigenvalue weighted by Crippen LogP contribution is 2.16. The number of nitrogens with one attached hydrogen (secondary N) is 2. The monoisotopic (exact) mass is 400 g/mol. The van der Waals surface area contributed by atoms with Crippen molar-refractivity contribution in [2.45, 2.75) is 24.3 Å². The van der Waals surface area contributed by atoms with E-state index >= 15 is 0 Å². The van der Waals surface area contributed by atoms with E-state index in [1.165, 1.54) is 24.3 Å². The van der Waals surface area contributed by atoms with Crippen LogP contribution in [-0.2, 0) is 14.8 Å². The molecule has 1 atom stereocenters. The fraction of sp³-hybridized carbons (Fsp3) is 0.235. The topological polar surface area (TPSA) is 75.3 Å². The molecule has 2 N–H and O–H groups in total. The van der Waals surface area contributed by atoms with E-state index in [1.807, 2.05) is 19.1 Å². The van der Waals surface area contributed by atoms with Gasteiger partial charge >= 0.3 is 0 Å². The van der Waals surface area contributed by atoms with Crippen molar-refractivity contribution < 1.29 is 13.2 Å². The molecular formula is C17H18Cl2N2O3S. The molecule has 1 unspecified atom stereocenters. The predicted octanol–water partition coefficient (Wildman–Crippen LogP) is 3.54. The van der Waals surface area contributed by atoms with Crippen LogP contribution < -0.4 is 10.0 Å². The fourth-order valence-electron chi connectivity index (χ4n) is 2.14. The molecule has 0 aliphatic carbocycles. The average molecular weight is 401 g/mol. The van der Waals surface area contributed by atoms with Gasteiger partial charge in [-0.3, -0.25) is 4.79 Å². The first kappa shape index (κ1) is 19.7. The highest BCUT2D eigenvalue weighted by Gasteiger charge is 2.15. The minimum Gasteiger partial charge on any atom is -0.350 e. The number of amides is 1. The van der Waals surface area contributed by atoms with Crippen LogP contribution in [0.5, 0.6) is 0 Å². The normalized spacial score (nSPS) is 12.6. The van der Waals surface area contributed by atoms with Crippen molar-refractivity contribution in [1.82, 2.24) is 10.0 Å². The Morgan fingerprint density at radius 3 is 2.08 bits per heavy atom. The van der Waals surface area contributed by atoms with E-state index in [0.29, 0.717) is 10.0 Å². The minimum absolute atomic E-state index is 0.00410. The second-order valence-electron chi connectivity index (χ2n) is 5.44. The van der Waals surface area contributed by atoms with Crippen molar-refractivity contribution in [2.75, 3.05) is 6.54 Å². The first-order valence-electron chi connectivity index (χ1n) is 7.58. The van der Waals surface area contributed by atoms with Crippen molar-refractivity contribution in [3.05, 3.63) is 64.1 Å². The lowest BCUT2D eigenvalue weighted by atomic mass is 10.1. The molecule has 0 aliphatic rings. The number of hydrogen-bond acceptors (Lipinski definition) is 3. The van der Waals surface area contributed by atoms with Crippen LogP contribution in [0.25, 0.3) is 0 Å². The summed E-state index contributed by atoms with van der Waals surface area (Å²) in [6, 6.07) is 12.8. The summed E-state index contributed by atoms with van der Waals surface area (Å²) < 4.78 is 26.6. The third-order valence-corrected chi connectivity index (χ3v) is 5.50. The molecule has 2 rings (SSSR count). The van der Waals surface area contributed by atoms with E-state index in [-0.39, 0.29) is 29.8 Å². The molecule has 0 saturated carbocycles. The fourth-order valence-corrected chi connectivity index (χ4v) is 3.43. The first-order chi connectivity index (χ1) is 11.8. The van der Waals surface area contributed by atoms with Crippen molar-refractivity contribution in [1.29, 1.82) is 0 Å². The van der Waals surface area contributed by atoms with Crippen LogP contribution in [0.15, 0.2) is 53.4 Å². The largest absolute Gasteiger partial charge is 0.350 e. The lowest BCUT2D eigenvalue weighted by Gasteiger charge is -2.14. The Labute approximate surface area is 157 Å². The summed E-state index contributed by atoms with van der Waals surface area (Å²) >= 11 is 11.6. The van der Waals surface area contributed by atoms with Gasteiger partial charge in [0.15, 0.2) is 0 Å². The maximum Gasteiger partial charge on any atom is 0.240 e. The molecule has 0 radical (unpaired) electrons. The van der Waals surface area contributed by atoms with Gasteiger partial charge in [-0.25, -0.2) is 13.1 Å². The SMILES string of the molecule is CC(NC(=O)CCNS(=O)(=O)c1ccc(Cl)cc1)c1ccc(Cl)cc1. The lowest BCUT2D eigenvalue weighted by molar-refractivity contribution is -0.121. The summed E-state index contributed by atoms with van der Waals surface area (Å²) in [6.07, 6.45) is 0.0325. The van der Waals surface area contributed by atoms with Gasteiger partial charge in [-0.2, -0.15) is 0 Å². The molecule has 2 aromatic rings. The number of carbonyl (C=O) groups is 1. The van der Waals surface area contributed by atoms with Crippen molar-refractivity contribution in [2.24, 2.45) is 0 Å². The molecular weight excluding hydrogens is 383 g/mol. The number of benzene rings is 2. The molecule has 0 saturated heterocycles. The molecule has 0 bridgehead atoms. The Kier molecular flexibility index (Phi) is 6.84. The second kappa shape index (κ2) is 8.67. The van der Waals surface area contributed by atoms with Gasteiger partial charge in [0.25, 0.3) is 0 Å². The number of sulfonamides is 1. The van der Waals surface area contributed by atoms with E-state index in [4.69, 9.17) is 23.2 Å². The zero-order chi connectivity index (χ0) is 18.4. The molecule has 0 aromatic heterocycles. The Morgan fingerprint density at radius 1 is 1.00 bits per heavy atom. The lowest BCUT2D eigenvalue weighted by Crippen LogP contribution is -2.32. The third kappa shape index (κ3) is 6.01. The minimum atomic E-state index is -3.66. The van der Waals surface area contributed by atoms with Crippen LogP contribution in [0.4, 0.5) is 0 Å². The molecule has 134 valence electrons. The van der Waals surface area contributed by atoms with Crippen LogP contribution >= 0.6 is 23.2 Å². The Balaban J connectivity index is 1.83. The van der Waals surface area contributed by atoms with Gasteiger partial charge in [0.1, 0.15) is 0 Å². The maximum atomic E-state index is 12.1. The average Bonchev–Trinajstić information content (AvgIpc) is 2.55. The van der Waals surface area contributed by atoms with Gasteiger partial charge in [-0.1, -0.05) is 35.3 Å². The quantitative estimate of drug-likeness (QED) is 0.745. The van der Waals surface area contributed by atoms with Gasteiger partial charge in [0.05, 0.1) is 10.9 Å².